The average molecular weight is 218 g/mol. The molecule has 0 aromatic heterocycles. The zero-order chi connectivity index (χ0) is 11.6. The molecule has 3 atom stereocenters. The maximum atomic E-state index is 6.54. The summed E-state index contributed by atoms with van der Waals surface area (Å²) in [5, 5.41) is 0. The van der Waals surface area contributed by atoms with Gasteiger partial charge >= 0.3 is 0 Å². The summed E-state index contributed by atoms with van der Waals surface area (Å²) >= 11 is 0. The lowest BCUT2D eigenvalue weighted by molar-refractivity contribution is -0.0913. The zero-order valence-corrected chi connectivity index (χ0v) is 10.8. The first-order valence-electron chi connectivity index (χ1n) is 6.50. The highest BCUT2D eigenvalue weighted by Crippen LogP contribution is 2.57. The molecule has 1 nitrogen and oxygen atoms in total. The summed E-state index contributed by atoms with van der Waals surface area (Å²) in [4.78, 5) is 0. The fraction of sp³-hybridized carbons (Fsp3) is 0.733. The minimum atomic E-state index is 0.0469. The molecule has 0 aromatic carbocycles. The van der Waals surface area contributed by atoms with Crippen LogP contribution in [-0.2, 0) is 4.74 Å². The Hall–Kier alpha value is -0.560. The summed E-state index contributed by atoms with van der Waals surface area (Å²) in [7, 11) is 0. The molecule has 0 saturated carbocycles. The smallest absolute Gasteiger partial charge is 0.0967 e. The summed E-state index contributed by atoms with van der Waals surface area (Å²) in [6.45, 7) is 9.08. The molecular formula is C15H22O. The van der Waals surface area contributed by atoms with Crippen LogP contribution in [0.4, 0.5) is 0 Å². The second-order valence-electron chi connectivity index (χ2n) is 6.36. The molecule has 3 rings (SSSR count). The highest BCUT2D eigenvalue weighted by Gasteiger charge is 2.57. The van der Waals surface area contributed by atoms with E-state index in [9.17, 15) is 0 Å². The lowest BCUT2D eigenvalue weighted by atomic mass is 9.79. The maximum Gasteiger partial charge on any atom is 0.0967 e. The summed E-state index contributed by atoms with van der Waals surface area (Å²) in [5.41, 5.74) is 3.12. The van der Waals surface area contributed by atoms with Crippen LogP contribution in [0.15, 0.2) is 23.3 Å². The third-order valence-electron chi connectivity index (χ3n) is 5.14. The Morgan fingerprint density at radius 3 is 2.69 bits per heavy atom. The molecule has 0 aromatic rings. The normalized spacial score (nSPS) is 44.8. The van der Waals surface area contributed by atoms with E-state index in [-0.39, 0.29) is 11.2 Å². The molecule has 0 N–H and O–H groups in total. The highest BCUT2D eigenvalue weighted by molar-refractivity contribution is 5.35. The van der Waals surface area contributed by atoms with Crippen molar-refractivity contribution in [2.75, 3.05) is 0 Å². The molecule has 1 spiro atoms. The van der Waals surface area contributed by atoms with E-state index in [1.165, 1.54) is 24.8 Å². The van der Waals surface area contributed by atoms with Crippen molar-refractivity contribution >= 4 is 0 Å². The van der Waals surface area contributed by atoms with Crippen LogP contribution in [0.5, 0.6) is 0 Å². The van der Waals surface area contributed by atoms with E-state index in [4.69, 9.17) is 4.74 Å². The van der Waals surface area contributed by atoms with E-state index in [1.54, 1.807) is 5.57 Å². The van der Waals surface area contributed by atoms with E-state index in [0.29, 0.717) is 11.8 Å². The fourth-order valence-electron chi connectivity index (χ4n) is 3.98. The number of ether oxygens (including phenoxy) is 1. The maximum absolute atomic E-state index is 6.54. The topological polar surface area (TPSA) is 9.23 Å². The largest absolute Gasteiger partial charge is 0.364 e. The first-order chi connectivity index (χ1) is 7.46. The third-order valence-corrected chi connectivity index (χ3v) is 5.14. The van der Waals surface area contributed by atoms with Gasteiger partial charge in [-0.15, -0.1) is 0 Å². The molecule has 16 heavy (non-hydrogen) atoms. The second-order valence-corrected chi connectivity index (χ2v) is 6.36. The first kappa shape index (κ1) is 10.6. The van der Waals surface area contributed by atoms with Crippen molar-refractivity contribution in [3.8, 4) is 0 Å². The molecule has 0 radical (unpaired) electrons. The van der Waals surface area contributed by atoms with Gasteiger partial charge < -0.3 is 4.74 Å². The lowest BCUT2D eigenvalue weighted by Crippen LogP contribution is -2.39. The Kier molecular flexibility index (Phi) is 1.99. The molecule has 0 amide bonds. The molecule has 1 fully saturated rings. The molecule has 1 heterocycles. The van der Waals surface area contributed by atoms with Crippen LogP contribution in [0.2, 0.25) is 0 Å². The van der Waals surface area contributed by atoms with Gasteiger partial charge in [0.05, 0.1) is 11.2 Å². The summed E-state index contributed by atoms with van der Waals surface area (Å²) in [5.74, 6) is 1.30. The third kappa shape index (κ3) is 1.15. The van der Waals surface area contributed by atoms with Crippen LogP contribution in [0.25, 0.3) is 0 Å². The molecule has 3 aliphatic rings. The number of hydrogen-bond acceptors (Lipinski definition) is 1. The average Bonchev–Trinajstić information content (AvgIpc) is 2.57. The van der Waals surface area contributed by atoms with Gasteiger partial charge in [0.2, 0.25) is 0 Å². The Morgan fingerprint density at radius 1 is 1.19 bits per heavy atom. The van der Waals surface area contributed by atoms with E-state index in [0.717, 1.165) is 0 Å². The van der Waals surface area contributed by atoms with Gasteiger partial charge in [-0.3, -0.25) is 0 Å². The van der Waals surface area contributed by atoms with Crippen LogP contribution >= 0.6 is 0 Å². The zero-order valence-electron chi connectivity index (χ0n) is 10.8. The number of allylic oxidation sites excluding steroid dienone is 2. The van der Waals surface area contributed by atoms with Gasteiger partial charge in [-0.2, -0.15) is 0 Å². The van der Waals surface area contributed by atoms with Gasteiger partial charge in [0, 0.05) is 5.92 Å². The number of rotatable bonds is 0. The van der Waals surface area contributed by atoms with E-state index < -0.39 is 0 Å². The second kappa shape index (κ2) is 3.01. The van der Waals surface area contributed by atoms with E-state index in [2.05, 4.69) is 39.8 Å². The predicted octanol–water partition coefficient (Wildman–Crippen LogP) is 3.86. The Bertz CT molecular complexity index is 388. The van der Waals surface area contributed by atoms with Crippen molar-refractivity contribution in [3.05, 3.63) is 23.3 Å². The van der Waals surface area contributed by atoms with Gasteiger partial charge in [-0.05, 0) is 58.4 Å². The van der Waals surface area contributed by atoms with Gasteiger partial charge in [-0.25, -0.2) is 0 Å². The van der Waals surface area contributed by atoms with Crippen LogP contribution < -0.4 is 0 Å². The summed E-state index contributed by atoms with van der Waals surface area (Å²) in [6.07, 6.45) is 8.46. The number of fused-ring (bicyclic) bond motifs is 1. The molecule has 1 aliphatic heterocycles. The molecule has 1 saturated heterocycles. The van der Waals surface area contributed by atoms with Crippen LogP contribution in [0.1, 0.15) is 47.0 Å². The Balaban J connectivity index is 2.11. The minimum Gasteiger partial charge on any atom is -0.364 e. The van der Waals surface area contributed by atoms with Crippen molar-refractivity contribution in [1.29, 1.82) is 0 Å². The van der Waals surface area contributed by atoms with Gasteiger partial charge in [0.1, 0.15) is 0 Å². The molecule has 1 heteroatoms. The molecular weight excluding hydrogens is 196 g/mol. The lowest BCUT2D eigenvalue weighted by Gasteiger charge is -2.37. The quantitative estimate of drug-likeness (QED) is 0.561. The number of hydrogen-bond donors (Lipinski definition) is 0. The van der Waals surface area contributed by atoms with E-state index in [1.807, 2.05) is 0 Å². The van der Waals surface area contributed by atoms with Crippen molar-refractivity contribution in [3.63, 3.8) is 0 Å². The summed E-state index contributed by atoms with van der Waals surface area (Å²) < 4.78 is 6.54. The van der Waals surface area contributed by atoms with Gasteiger partial charge in [0.15, 0.2) is 0 Å². The van der Waals surface area contributed by atoms with Crippen molar-refractivity contribution in [1.82, 2.24) is 0 Å². The van der Waals surface area contributed by atoms with Gasteiger partial charge in [0.25, 0.3) is 0 Å². The standard InChI is InChI=1S/C15H22O/c1-10-5-7-12-9-15(16-14(12,3)4)11(2)6-8-13(10)15/h5-6,12-13H,7-9H2,1-4H3. The van der Waals surface area contributed by atoms with Crippen molar-refractivity contribution < 1.29 is 4.74 Å². The van der Waals surface area contributed by atoms with Crippen LogP contribution in [0.3, 0.4) is 0 Å². The molecule has 88 valence electrons. The first-order valence-corrected chi connectivity index (χ1v) is 6.50. The fourth-order valence-corrected chi connectivity index (χ4v) is 3.98. The van der Waals surface area contributed by atoms with Crippen molar-refractivity contribution in [2.45, 2.75) is 58.2 Å². The van der Waals surface area contributed by atoms with Crippen LogP contribution in [-0.4, -0.2) is 11.2 Å². The summed E-state index contributed by atoms with van der Waals surface area (Å²) in [6, 6.07) is 0. The highest BCUT2D eigenvalue weighted by atomic mass is 16.5. The molecule has 2 bridgehead atoms. The minimum absolute atomic E-state index is 0.0469. The predicted molar refractivity (Wildman–Crippen MR) is 66.2 cm³/mol. The molecule has 2 aliphatic carbocycles. The van der Waals surface area contributed by atoms with Gasteiger partial charge in [-0.1, -0.05) is 17.7 Å². The Morgan fingerprint density at radius 2 is 1.94 bits per heavy atom. The molecule has 3 unspecified atom stereocenters. The Labute approximate surface area is 98.6 Å². The SMILES string of the molecule is CC1=CCC2CC3(OC2(C)C)C(C)=CCC13. The van der Waals surface area contributed by atoms with E-state index >= 15 is 0 Å². The van der Waals surface area contributed by atoms with Crippen LogP contribution in [0, 0.1) is 11.8 Å². The monoisotopic (exact) mass is 218 g/mol. The van der Waals surface area contributed by atoms with Crippen molar-refractivity contribution in [2.24, 2.45) is 11.8 Å².